The number of para-hydroxylation sites is 1. The first-order valence-electron chi connectivity index (χ1n) is 7.77. The summed E-state index contributed by atoms with van der Waals surface area (Å²) in [6.45, 7) is 1.61. The molecule has 1 heterocycles. The lowest BCUT2D eigenvalue weighted by molar-refractivity contribution is -0.122. The Morgan fingerprint density at radius 1 is 1.15 bits per heavy atom. The van der Waals surface area contributed by atoms with Gasteiger partial charge in [-0.15, -0.1) is 0 Å². The maximum atomic E-state index is 12.4. The average molecular weight is 374 g/mol. The Morgan fingerprint density at radius 3 is 2.58 bits per heavy atom. The maximum absolute atomic E-state index is 12.4. The van der Waals surface area contributed by atoms with Crippen molar-refractivity contribution in [3.8, 4) is 22.8 Å². The van der Waals surface area contributed by atoms with Gasteiger partial charge in [-0.3, -0.25) is 4.79 Å². The van der Waals surface area contributed by atoms with E-state index >= 15 is 0 Å². The molecule has 0 saturated carbocycles. The van der Waals surface area contributed by atoms with Gasteiger partial charge in [-0.1, -0.05) is 23.7 Å². The Kier molecular flexibility index (Phi) is 5.38. The summed E-state index contributed by atoms with van der Waals surface area (Å²) in [5.41, 5.74) is 1.13. The molecular weight excluding hydrogens is 358 g/mol. The molecule has 3 rings (SSSR count). The van der Waals surface area contributed by atoms with Crippen molar-refractivity contribution in [2.75, 3.05) is 12.4 Å². The summed E-state index contributed by atoms with van der Waals surface area (Å²) < 4.78 is 15.5. The van der Waals surface area contributed by atoms with Crippen LogP contribution in [0.1, 0.15) is 6.92 Å². The molecule has 0 radical (unpaired) electrons. The van der Waals surface area contributed by atoms with Crippen LogP contribution in [0.5, 0.6) is 11.5 Å². The molecule has 0 aliphatic carbocycles. The Bertz CT molecular complexity index is 895. The monoisotopic (exact) mass is 373 g/mol. The van der Waals surface area contributed by atoms with Crippen molar-refractivity contribution in [2.24, 2.45) is 0 Å². The smallest absolute Gasteiger partial charge is 0.266 e. The van der Waals surface area contributed by atoms with Crippen molar-refractivity contribution < 1.29 is 18.9 Å². The van der Waals surface area contributed by atoms with Crippen LogP contribution >= 0.6 is 11.6 Å². The zero-order chi connectivity index (χ0) is 18.5. The molecule has 0 spiro atoms. The van der Waals surface area contributed by atoms with Gasteiger partial charge in [0, 0.05) is 5.56 Å². The third-order valence-corrected chi connectivity index (χ3v) is 3.92. The summed E-state index contributed by atoms with van der Waals surface area (Å²) in [6, 6.07) is 14.1. The number of methoxy groups -OCH3 is 1. The molecule has 0 fully saturated rings. The number of carbonyl (C=O) groups is 1. The molecule has 0 aliphatic heterocycles. The lowest BCUT2D eigenvalue weighted by atomic mass is 10.1. The summed E-state index contributed by atoms with van der Waals surface area (Å²) in [4.78, 5) is 12.4. The molecule has 0 aliphatic rings. The van der Waals surface area contributed by atoms with Gasteiger partial charge in [0.05, 0.1) is 12.1 Å². The third kappa shape index (κ3) is 3.94. The predicted molar refractivity (Wildman–Crippen MR) is 96.5 cm³/mol. The second kappa shape index (κ2) is 7.88. The number of carbonyl (C=O) groups excluding carboxylic acids is 1. The molecule has 2 aromatic carbocycles. The highest BCUT2D eigenvalue weighted by Crippen LogP contribution is 2.27. The Hall–Kier alpha value is -3.06. The molecule has 0 unspecified atom stereocenters. The van der Waals surface area contributed by atoms with Gasteiger partial charge in [-0.25, -0.2) is 4.63 Å². The van der Waals surface area contributed by atoms with Crippen molar-refractivity contribution in [1.29, 1.82) is 0 Å². The number of nitrogens with zero attached hydrogens (tertiary/aromatic N) is 2. The van der Waals surface area contributed by atoms with Crippen LogP contribution in [-0.4, -0.2) is 29.4 Å². The van der Waals surface area contributed by atoms with Gasteiger partial charge in [-0.05, 0) is 53.6 Å². The van der Waals surface area contributed by atoms with Gasteiger partial charge in [0.1, 0.15) is 11.5 Å². The fourth-order valence-corrected chi connectivity index (χ4v) is 2.39. The molecule has 0 saturated heterocycles. The molecule has 1 atom stereocenters. The summed E-state index contributed by atoms with van der Waals surface area (Å²) >= 11 is 6.04. The van der Waals surface area contributed by atoms with E-state index in [2.05, 4.69) is 15.6 Å². The number of nitrogens with one attached hydrogen (secondary N) is 1. The fourth-order valence-electron chi connectivity index (χ4n) is 2.21. The quantitative estimate of drug-likeness (QED) is 0.707. The Balaban J connectivity index is 1.72. The zero-order valence-corrected chi connectivity index (χ0v) is 14.9. The number of benzene rings is 2. The molecule has 7 nitrogen and oxygen atoms in total. The summed E-state index contributed by atoms with van der Waals surface area (Å²) in [6.07, 6.45) is -0.796. The van der Waals surface area contributed by atoms with Crippen LogP contribution in [0.3, 0.4) is 0 Å². The van der Waals surface area contributed by atoms with E-state index in [-0.39, 0.29) is 5.82 Å². The molecule has 8 heteroatoms. The van der Waals surface area contributed by atoms with Crippen molar-refractivity contribution in [3.05, 3.63) is 53.6 Å². The molecule has 1 aromatic heterocycles. The van der Waals surface area contributed by atoms with E-state index in [0.717, 1.165) is 5.56 Å². The van der Waals surface area contributed by atoms with E-state index in [9.17, 15) is 4.79 Å². The lowest BCUT2D eigenvalue weighted by Crippen LogP contribution is -2.30. The standard InChI is InChI=1S/C18H16ClN3O4/c1-11(25-15-6-4-3-5-14(15)19)18(23)20-17-16(21-26-22-17)12-7-9-13(24-2)10-8-12/h3-11H,1-2H3,(H,20,22,23)/t11-/m0/s1. The number of aromatic nitrogens is 2. The van der Waals surface area contributed by atoms with Gasteiger partial charge in [0.15, 0.2) is 11.8 Å². The van der Waals surface area contributed by atoms with Crippen LogP contribution in [-0.2, 0) is 4.79 Å². The van der Waals surface area contributed by atoms with Crippen molar-refractivity contribution in [3.63, 3.8) is 0 Å². The van der Waals surface area contributed by atoms with Crippen LogP contribution in [0.2, 0.25) is 5.02 Å². The molecule has 3 aromatic rings. The van der Waals surface area contributed by atoms with Crippen LogP contribution in [0, 0.1) is 0 Å². The molecule has 26 heavy (non-hydrogen) atoms. The maximum Gasteiger partial charge on any atom is 0.266 e. The largest absolute Gasteiger partial charge is 0.497 e. The van der Waals surface area contributed by atoms with Crippen LogP contribution in [0.4, 0.5) is 5.82 Å². The number of amides is 1. The Labute approximate surface area is 154 Å². The zero-order valence-electron chi connectivity index (χ0n) is 14.1. The Morgan fingerprint density at radius 2 is 1.88 bits per heavy atom. The second-order valence-corrected chi connectivity index (χ2v) is 5.78. The highest BCUT2D eigenvalue weighted by atomic mass is 35.5. The topological polar surface area (TPSA) is 86.5 Å². The minimum absolute atomic E-state index is 0.203. The summed E-state index contributed by atoms with van der Waals surface area (Å²) in [5, 5.41) is 10.7. The summed E-state index contributed by atoms with van der Waals surface area (Å²) in [7, 11) is 1.58. The number of hydrogen-bond acceptors (Lipinski definition) is 6. The van der Waals surface area contributed by atoms with Crippen LogP contribution < -0.4 is 14.8 Å². The number of rotatable bonds is 6. The van der Waals surface area contributed by atoms with Gasteiger partial charge >= 0.3 is 0 Å². The normalized spacial score (nSPS) is 11.7. The first-order chi connectivity index (χ1) is 12.6. The predicted octanol–water partition coefficient (Wildman–Crippen LogP) is 3.80. The number of ether oxygens (including phenoxy) is 2. The molecule has 134 valence electrons. The van der Waals surface area contributed by atoms with Gasteiger partial charge in [-0.2, -0.15) is 0 Å². The van der Waals surface area contributed by atoms with E-state index in [0.29, 0.717) is 22.2 Å². The SMILES string of the molecule is COc1ccc(-c2nonc2NC(=O)[C@H](C)Oc2ccccc2Cl)cc1. The van der Waals surface area contributed by atoms with Gasteiger partial charge in [0.25, 0.3) is 5.91 Å². The van der Waals surface area contributed by atoms with Crippen molar-refractivity contribution in [2.45, 2.75) is 13.0 Å². The average Bonchev–Trinajstić information content (AvgIpc) is 3.11. The third-order valence-electron chi connectivity index (χ3n) is 3.60. The van der Waals surface area contributed by atoms with E-state index in [1.54, 1.807) is 62.6 Å². The minimum Gasteiger partial charge on any atom is -0.497 e. The van der Waals surface area contributed by atoms with E-state index in [4.69, 9.17) is 25.7 Å². The van der Waals surface area contributed by atoms with E-state index in [1.807, 2.05) is 0 Å². The summed E-state index contributed by atoms with van der Waals surface area (Å²) in [5.74, 6) is 0.924. The minimum atomic E-state index is -0.796. The van der Waals surface area contributed by atoms with Gasteiger partial charge < -0.3 is 14.8 Å². The molecular formula is C18H16ClN3O4. The first kappa shape index (κ1) is 17.8. The van der Waals surface area contributed by atoms with E-state index in [1.165, 1.54) is 0 Å². The molecule has 0 bridgehead atoms. The number of hydrogen-bond donors (Lipinski definition) is 1. The lowest BCUT2D eigenvalue weighted by Gasteiger charge is -2.14. The second-order valence-electron chi connectivity index (χ2n) is 5.37. The number of halogens is 1. The van der Waals surface area contributed by atoms with E-state index < -0.39 is 12.0 Å². The van der Waals surface area contributed by atoms with Crippen molar-refractivity contribution in [1.82, 2.24) is 10.3 Å². The fraction of sp³-hybridized carbons (Fsp3) is 0.167. The highest BCUT2D eigenvalue weighted by molar-refractivity contribution is 6.32. The van der Waals surface area contributed by atoms with Crippen LogP contribution in [0.25, 0.3) is 11.3 Å². The first-order valence-corrected chi connectivity index (χ1v) is 8.15. The molecule has 1 amide bonds. The van der Waals surface area contributed by atoms with Crippen molar-refractivity contribution >= 4 is 23.3 Å². The van der Waals surface area contributed by atoms with Gasteiger partial charge in [0.2, 0.25) is 5.82 Å². The molecule has 1 N–H and O–H groups in total. The number of anilines is 1. The van der Waals surface area contributed by atoms with Crippen LogP contribution in [0.15, 0.2) is 53.2 Å². The highest BCUT2D eigenvalue weighted by Gasteiger charge is 2.21.